The molecule has 0 aliphatic carbocycles. The van der Waals surface area contributed by atoms with Gasteiger partial charge in [0.05, 0.1) is 12.6 Å². The van der Waals surface area contributed by atoms with Crippen molar-refractivity contribution in [1.29, 1.82) is 0 Å². The van der Waals surface area contributed by atoms with E-state index >= 15 is 0 Å². The summed E-state index contributed by atoms with van der Waals surface area (Å²) in [7, 11) is 0. The Labute approximate surface area is 97.1 Å². The summed E-state index contributed by atoms with van der Waals surface area (Å²) in [6.45, 7) is 6.31. The maximum Gasteiger partial charge on any atom is 0.0723 e. The van der Waals surface area contributed by atoms with Crippen LogP contribution in [-0.4, -0.2) is 41.8 Å². The lowest BCUT2D eigenvalue weighted by Crippen LogP contribution is -2.46. The number of piperidine rings is 1. The van der Waals surface area contributed by atoms with E-state index in [0.29, 0.717) is 18.5 Å². The van der Waals surface area contributed by atoms with Gasteiger partial charge in [0.15, 0.2) is 0 Å². The molecule has 2 atom stereocenters. The van der Waals surface area contributed by atoms with Crippen LogP contribution in [0.5, 0.6) is 0 Å². The standard InChI is InChI=1S/C11H22N4O/c1-9(2)11-5-3-4-6-15(11)8-10(16)7-13-14-12/h9-11,16H,3-8H2,1-2H3/t10-,11?/m0/s1. The molecule has 0 saturated carbocycles. The number of rotatable bonds is 5. The first kappa shape index (κ1) is 13.3. The van der Waals surface area contributed by atoms with Gasteiger partial charge in [0.1, 0.15) is 0 Å². The molecule has 1 aliphatic heterocycles. The SMILES string of the molecule is CC(C)C1CCCCN1C[C@@H](O)CN=[N+]=[N-]. The maximum atomic E-state index is 9.73. The largest absolute Gasteiger partial charge is 0.392 e. The summed E-state index contributed by atoms with van der Waals surface area (Å²) in [5, 5.41) is 13.1. The zero-order chi connectivity index (χ0) is 12.0. The molecule has 1 heterocycles. The fraction of sp³-hybridized carbons (Fsp3) is 1.00. The van der Waals surface area contributed by atoms with Crippen LogP contribution in [0, 0.1) is 5.92 Å². The van der Waals surface area contributed by atoms with Gasteiger partial charge < -0.3 is 5.11 Å². The normalized spacial score (nSPS) is 24.1. The van der Waals surface area contributed by atoms with Gasteiger partial charge in [0, 0.05) is 17.5 Å². The van der Waals surface area contributed by atoms with Gasteiger partial charge in [-0.05, 0) is 30.8 Å². The molecule has 1 saturated heterocycles. The second-order valence-corrected chi connectivity index (χ2v) is 4.87. The fourth-order valence-electron chi connectivity index (χ4n) is 2.46. The van der Waals surface area contributed by atoms with Crippen LogP contribution in [-0.2, 0) is 0 Å². The van der Waals surface area contributed by atoms with Crippen LogP contribution in [0.2, 0.25) is 0 Å². The van der Waals surface area contributed by atoms with E-state index in [2.05, 4.69) is 28.8 Å². The summed E-state index contributed by atoms with van der Waals surface area (Å²) in [5.41, 5.74) is 8.19. The van der Waals surface area contributed by atoms with Crippen LogP contribution < -0.4 is 0 Å². The molecule has 5 nitrogen and oxygen atoms in total. The summed E-state index contributed by atoms with van der Waals surface area (Å²) in [4.78, 5) is 5.01. The Hall–Kier alpha value is -0.770. The third-order valence-corrected chi connectivity index (χ3v) is 3.23. The Balaban J connectivity index is 2.45. The van der Waals surface area contributed by atoms with Crippen molar-refractivity contribution >= 4 is 0 Å². The predicted octanol–water partition coefficient (Wildman–Crippen LogP) is 2.17. The summed E-state index contributed by atoms with van der Waals surface area (Å²) in [6.07, 6.45) is 3.17. The van der Waals surface area contributed by atoms with Crippen molar-refractivity contribution in [1.82, 2.24) is 4.90 Å². The zero-order valence-electron chi connectivity index (χ0n) is 10.2. The highest BCUT2D eigenvalue weighted by Gasteiger charge is 2.26. The van der Waals surface area contributed by atoms with E-state index in [9.17, 15) is 5.11 Å². The Morgan fingerprint density at radius 3 is 2.88 bits per heavy atom. The quantitative estimate of drug-likeness (QED) is 0.443. The molecule has 0 aromatic carbocycles. The highest BCUT2D eigenvalue weighted by molar-refractivity contribution is 4.81. The lowest BCUT2D eigenvalue weighted by atomic mass is 9.92. The number of nitrogens with zero attached hydrogens (tertiary/aromatic N) is 4. The first-order valence-electron chi connectivity index (χ1n) is 6.08. The topological polar surface area (TPSA) is 72.2 Å². The van der Waals surface area contributed by atoms with E-state index < -0.39 is 6.10 Å². The van der Waals surface area contributed by atoms with Crippen molar-refractivity contribution < 1.29 is 5.11 Å². The molecule has 1 fully saturated rings. The van der Waals surface area contributed by atoms with Crippen molar-refractivity contribution in [2.24, 2.45) is 11.0 Å². The van der Waals surface area contributed by atoms with Gasteiger partial charge in [-0.3, -0.25) is 4.90 Å². The molecule has 16 heavy (non-hydrogen) atoms. The molecule has 1 N–H and O–H groups in total. The number of hydrogen-bond acceptors (Lipinski definition) is 3. The van der Waals surface area contributed by atoms with Gasteiger partial charge in [0.25, 0.3) is 0 Å². The minimum absolute atomic E-state index is 0.178. The fourth-order valence-corrected chi connectivity index (χ4v) is 2.46. The zero-order valence-corrected chi connectivity index (χ0v) is 10.2. The van der Waals surface area contributed by atoms with Crippen LogP contribution in [0.4, 0.5) is 0 Å². The molecule has 0 spiro atoms. The van der Waals surface area contributed by atoms with Gasteiger partial charge in [-0.2, -0.15) is 0 Å². The molecule has 0 bridgehead atoms. The van der Waals surface area contributed by atoms with Gasteiger partial charge in [-0.1, -0.05) is 25.4 Å². The predicted molar refractivity (Wildman–Crippen MR) is 64.1 cm³/mol. The van der Waals surface area contributed by atoms with Crippen LogP contribution in [0.15, 0.2) is 5.11 Å². The second-order valence-electron chi connectivity index (χ2n) is 4.87. The average Bonchev–Trinajstić information content (AvgIpc) is 2.27. The van der Waals surface area contributed by atoms with Crippen LogP contribution in [0.3, 0.4) is 0 Å². The van der Waals surface area contributed by atoms with E-state index in [1.807, 2.05) is 0 Å². The highest BCUT2D eigenvalue weighted by Crippen LogP contribution is 2.23. The third-order valence-electron chi connectivity index (χ3n) is 3.23. The molecule has 5 heteroatoms. The molecule has 0 aromatic rings. The van der Waals surface area contributed by atoms with Gasteiger partial charge in [-0.15, -0.1) is 0 Å². The van der Waals surface area contributed by atoms with E-state index in [1.165, 1.54) is 19.3 Å². The van der Waals surface area contributed by atoms with Crippen molar-refractivity contribution in [2.75, 3.05) is 19.6 Å². The molecular formula is C11H22N4O. The number of aliphatic hydroxyl groups excluding tert-OH is 1. The molecule has 0 aromatic heterocycles. The van der Waals surface area contributed by atoms with Crippen LogP contribution in [0.1, 0.15) is 33.1 Å². The van der Waals surface area contributed by atoms with E-state index in [0.717, 1.165) is 6.54 Å². The lowest BCUT2D eigenvalue weighted by molar-refractivity contribution is 0.0536. The lowest BCUT2D eigenvalue weighted by Gasteiger charge is -2.39. The van der Waals surface area contributed by atoms with Gasteiger partial charge in [-0.25, -0.2) is 0 Å². The number of β-amino-alcohol motifs (C(OH)–C–C–N with tert-alkyl or cyclic N) is 1. The minimum atomic E-state index is -0.532. The van der Waals surface area contributed by atoms with E-state index in [4.69, 9.17) is 5.53 Å². The van der Waals surface area contributed by atoms with Gasteiger partial charge >= 0.3 is 0 Å². The van der Waals surface area contributed by atoms with Gasteiger partial charge in [0.2, 0.25) is 0 Å². The number of hydrogen-bond donors (Lipinski definition) is 1. The maximum absolute atomic E-state index is 9.73. The molecule has 1 unspecified atom stereocenters. The summed E-state index contributed by atoms with van der Waals surface area (Å²) in [5.74, 6) is 0.618. The van der Waals surface area contributed by atoms with Crippen LogP contribution >= 0.6 is 0 Å². The van der Waals surface area contributed by atoms with Crippen LogP contribution in [0.25, 0.3) is 10.4 Å². The smallest absolute Gasteiger partial charge is 0.0723 e. The Morgan fingerprint density at radius 2 is 2.25 bits per heavy atom. The Kier molecular flexibility index (Phi) is 5.60. The minimum Gasteiger partial charge on any atom is -0.392 e. The Bertz CT molecular complexity index is 250. The molecule has 1 aliphatic rings. The first-order chi connectivity index (χ1) is 7.65. The van der Waals surface area contributed by atoms with E-state index in [1.54, 1.807) is 0 Å². The molecule has 0 radical (unpaired) electrons. The molecular weight excluding hydrogens is 204 g/mol. The highest BCUT2D eigenvalue weighted by atomic mass is 16.3. The number of aliphatic hydroxyl groups is 1. The monoisotopic (exact) mass is 226 g/mol. The van der Waals surface area contributed by atoms with Crippen molar-refractivity contribution in [2.45, 2.75) is 45.3 Å². The number of azide groups is 1. The summed E-state index contributed by atoms with van der Waals surface area (Å²) in [6, 6.07) is 0.564. The third kappa shape index (κ3) is 4.00. The molecule has 92 valence electrons. The first-order valence-corrected chi connectivity index (χ1v) is 6.08. The number of likely N-dealkylation sites (tertiary alicyclic amines) is 1. The van der Waals surface area contributed by atoms with Crippen molar-refractivity contribution in [3.8, 4) is 0 Å². The summed E-state index contributed by atoms with van der Waals surface area (Å²) < 4.78 is 0. The van der Waals surface area contributed by atoms with Crippen molar-refractivity contribution in [3.05, 3.63) is 10.4 Å². The van der Waals surface area contributed by atoms with E-state index in [-0.39, 0.29) is 6.54 Å². The molecule has 1 rings (SSSR count). The molecule has 0 amide bonds. The Morgan fingerprint density at radius 1 is 1.50 bits per heavy atom. The summed E-state index contributed by atoms with van der Waals surface area (Å²) >= 11 is 0. The van der Waals surface area contributed by atoms with Crippen molar-refractivity contribution in [3.63, 3.8) is 0 Å². The average molecular weight is 226 g/mol. The second kappa shape index (κ2) is 6.74.